The number of hydrogen-bond donors (Lipinski definition) is 1. The van der Waals surface area contributed by atoms with Gasteiger partial charge >= 0.3 is 0 Å². The van der Waals surface area contributed by atoms with E-state index in [4.69, 9.17) is 0 Å². The third-order valence-corrected chi connectivity index (χ3v) is 4.22. The van der Waals surface area contributed by atoms with E-state index in [0.29, 0.717) is 6.04 Å². The Balaban J connectivity index is 1.72. The molecule has 3 rings (SSSR count). The molecule has 1 amide bonds. The Hall–Kier alpha value is -1.90. The third kappa shape index (κ3) is 2.82. The first-order valence-corrected chi connectivity index (χ1v) is 7.38. The second-order valence-corrected chi connectivity index (χ2v) is 5.84. The average molecular weight is 268 g/mol. The summed E-state index contributed by atoms with van der Waals surface area (Å²) in [4.78, 5) is 16.6. The second-order valence-electron chi connectivity index (χ2n) is 5.84. The van der Waals surface area contributed by atoms with E-state index in [2.05, 4.69) is 17.2 Å². The zero-order valence-corrected chi connectivity index (χ0v) is 11.8. The standard InChI is InChI=1S/C17H20N2O/c1-12-4-7-15(8-5-12)19-17(20)14-6-9-16-13(11-14)3-2-10-18-16/h2-3,6,9-12,15H,4-5,7-8H2,1H3,(H,19,20)/t12-,15-. The topological polar surface area (TPSA) is 42.0 Å². The summed E-state index contributed by atoms with van der Waals surface area (Å²) in [6.45, 7) is 2.29. The van der Waals surface area contributed by atoms with Crippen molar-refractivity contribution in [2.45, 2.75) is 38.6 Å². The highest BCUT2D eigenvalue weighted by molar-refractivity contribution is 5.98. The van der Waals surface area contributed by atoms with Crippen molar-refractivity contribution in [2.75, 3.05) is 0 Å². The van der Waals surface area contributed by atoms with E-state index in [-0.39, 0.29) is 5.91 Å². The molecule has 0 aliphatic heterocycles. The molecule has 1 aromatic heterocycles. The van der Waals surface area contributed by atoms with E-state index in [1.807, 2.05) is 30.3 Å². The number of benzene rings is 1. The van der Waals surface area contributed by atoms with Gasteiger partial charge in [-0.3, -0.25) is 9.78 Å². The molecule has 1 aromatic carbocycles. The lowest BCUT2D eigenvalue weighted by atomic mass is 9.87. The van der Waals surface area contributed by atoms with E-state index in [1.54, 1.807) is 6.20 Å². The summed E-state index contributed by atoms with van der Waals surface area (Å²) >= 11 is 0. The summed E-state index contributed by atoms with van der Waals surface area (Å²) in [5.74, 6) is 0.838. The fraction of sp³-hybridized carbons (Fsp3) is 0.412. The molecule has 104 valence electrons. The number of fused-ring (bicyclic) bond motifs is 1. The van der Waals surface area contributed by atoms with Crippen LogP contribution in [0.15, 0.2) is 36.5 Å². The number of nitrogens with zero attached hydrogens (tertiary/aromatic N) is 1. The predicted octanol–water partition coefficient (Wildman–Crippen LogP) is 3.54. The summed E-state index contributed by atoms with van der Waals surface area (Å²) in [5, 5.41) is 4.17. The SMILES string of the molecule is C[C@H]1CC[C@H](NC(=O)c2ccc3ncccc3c2)CC1. The quantitative estimate of drug-likeness (QED) is 0.905. The van der Waals surface area contributed by atoms with Crippen molar-refractivity contribution in [2.24, 2.45) is 5.92 Å². The molecule has 0 radical (unpaired) electrons. The van der Waals surface area contributed by atoms with Gasteiger partial charge in [-0.1, -0.05) is 13.0 Å². The van der Waals surface area contributed by atoms with Crippen molar-refractivity contribution in [1.82, 2.24) is 10.3 Å². The zero-order chi connectivity index (χ0) is 13.9. The van der Waals surface area contributed by atoms with Crippen LogP contribution in [-0.2, 0) is 0 Å². The van der Waals surface area contributed by atoms with E-state index in [1.165, 1.54) is 12.8 Å². The van der Waals surface area contributed by atoms with Crippen LogP contribution in [-0.4, -0.2) is 16.9 Å². The number of hydrogen-bond acceptors (Lipinski definition) is 2. The van der Waals surface area contributed by atoms with Crippen molar-refractivity contribution in [3.63, 3.8) is 0 Å². The molecule has 3 heteroatoms. The summed E-state index contributed by atoms with van der Waals surface area (Å²) in [6.07, 6.45) is 6.40. The Kier molecular flexibility index (Phi) is 3.68. The maximum atomic E-state index is 12.3. The highest BCUT2D eigenvalue weighted by Crippen LogP contribution is 2.23. The minimum Gasteiger partial charge on any atom is -0.349 e. The van der Waals surface area contributed by atoms with Gasteiger partial charge in [0.2, 0.25) is 0 Å². The lowest BCUT2D eigenvalue weighted by Crippen LogP contribution is -2.37. The van der Waals surface area contributed by atoms with Crippen LogP contribution in [0.5, 0.6) is 0 Å². The first kappa shape index (κ1) is 13.1. The maximum absolute atomic E-state index is 12.3. The van der Waals surface area contributed by atoms with Crippen molar-refractivity contribution in [1.29, 1.82) is 0 Å². The van der Waals surface area contributed by atoms with E-state index >= 15 is 0 Å². The number of pyridine rings is 1. The van der Waals surface area contributed by atoms with Crippen LogP contribution < -0.4 is 5.32 Å². The molecule has 1 heterocycles. The van der Waals surface area contributed by atoms with Gasteiger partial charge in [0, 0.05) is 23.2 Å². The fourth-order valence-corrected chi connectivity index (χ4v) is 2.89. The van der Waals surface area contributed by atoms with Gasteiger partial charge in [-0.25, -0.2) is 0 Å². The molecule has 0 spiro atoms. The molecule has 2 aromatic rings. The van der Waals surface area contributed by atoms with Gasteiger partial charge in [0.25, 0.3) is 5.91 Å². The predicted molar refractivity (Wildman–Crippen MR) is 80.6 cm³/mol. The summed E-state index contributed by atoms with van der Waals surface area (Å²) in [6, 6.07) is 9.91. The molecular formula is C17H20N2O. The lowest BCUT2D eigenvalue weighted by molar-refractivity contribution is 0.0923. The largest absolute Gasteiger partial charge is 0.349 e. The van der Waals surface area contributed by atoms with Crippen LogP contribution in [0, 0.1) is 5.92 Å². The smallest absolute Gasteiger partial charge is 0.251 e. The molecule has 3 nitrogen and oxygen atoms in total. The highest BCUT2D eigenvalue weighted by Gasteiger charge is 2.20. The molecule has 20 heavy (non-hydrogen) atoms. The molecular weight excluding hydrogens is 248 g/mol. The van der Waals surface area contributed by atoms with E-state index in [0.717, 1.165) is 35.2 Å². The molecule has 1 aliphatic carbocycles. The molecule has 1 aliphatic rings. The zero-order valence-electron chi connectivity index (χ0n) is 11.8. The third-order valence-electron chi connectivity index (χ3n) is 4.22. The van der Waals surface area contributed by atoms with Crippen LogP contribution in [0.25, 0.3) is 10.9 Å². The minimum atomic E-state index is 0.0373. The summed E-state index contributed by atoms with van der Waals surface area (Å²) in [7, 11) is 0. The fourth-order valence-electron chi connectivity index (χ4n) is 2.89. The van der Waals surface area contributed by atoms with Crippen molar-refractivity contribution in [3.05, 3.63) is 42.1 Å². The summed E-state index contributed by atoms with van der Waals surface area (Å²) in [5.41, 5.74) is 1.65. The molecule has 0 saturated heterocycles. The van der Waals surface area contributed by atoms with Gasteiger partial charge in [0.05, 0.1) is 5.52 Å². The molecule has 0 atom stereocenters. The monoisotopic (exact) mass is 268 g/mol. The van der Waals surface area contributed by atoms with Gasteiger partial charge in [-0.15, -0.1) is 0 Å². The van der Waals surface area contributed by atoms with E-state index in [9.17, 15) is 4.79 Å². The van der Waals surface area contributed by atoms with E-state index < -0.39 is 0 Å². The van der Waals surface area contributed by atoms with Crippen molar-refractivity contribution < 1.29 is 4.79 Å². The molecule has 0 unspecified atom stereocenters. The number of nitrogens with one attached hydrogen (secondary N) is 1. The number of amides is 1. The molecule has 1 N–H and O–H groups in total. The Morgan fingerprint density at radius 1 is 1.20 bits per heavy atom. The Labute approximate surface area is 119 Å². The summed E-state index contributed by atoms with van der Waals surface area (Å²) < 4.78 is 0. The Morgan fingerprint density at radius 2 is 2.00 bits per heavy atom. The van der Waals surface area contributed by atoms with Crippen LogP contribution in [0.4, 0.5) is 0 Å². The van der Waals surface area contributed by atoms with Gasteiger partial charge in [-0.05, 0) is 55.9 Å². The average Bonchev–Trinajstić information content (AvgIpc) is 2.49. The first-order chi connectivity index (χ1) is 9.72. The lowest BCUT2D eigenvalue weighted by Gasteiger charge is -2.26. The van der Waals surface area contributed by atoms with Crippen LogP contribution in [0.2, 0.25) is 0 Å². The number of carbonyl (C=O) groups is 1. The minimum absolute atomic E-state index is 0.0373. The number of carbonyl (C=O) groups excluding carboxylic acids is 1. The Bertz CT molecular complexity index is 615. The first-order valence-electron chi connectivity index (χ1n) is 7.38. The highest BCUT2D eigenvalue weighted by atomic mass is 16.1. The maximum Gasteiger partial charge on any atom is 0.251 e. The molecule has 1 saturated carbocycles. The Morgan fingerprint density at radius 3 is 2.80 bits per heavy atom. The normalized spacial score (nSPS) is 22.6. The van der Waals surface area contributed by atoms with Crippen molar-refractivity contribution >= 4 is 16.8 Å². The van der Waals surface area contributed by atoms with Gasteiger partial charge in [0.15, 0.2) is 0 Å². The molecule has 1 fully saturated rings. The van der Waals surface area contributed by atoms with Crippen LogP contribution in [0.3, 0.4) is 0 Å². The number of aromatic nitrogens is 1. The van der Waals surface area contributed by atoms with Gasteiger partial charge in [-0.2, -0.15) is 0 Å². The van der Waals surface area contributed by atoms with Crippen LogP contribution in [0.1, 0.15) is 43.0 Å². The van der Waals surface area contributed by atoms with Crippen LogP contribution >= 0.6 is 0 Å². The van der Waals surface area contributed by atoms with Gasteiger partial charge < -0.3 is 5.32 Å². The van der Waals surface area contributed by atoms with Crippen molar-refractivity contribution in [3.8, 4) is 0 Å². The number of rotatable bonds is 2. The second kappa shape index (κ2) is 5.61. The van der Waals surface area contributed by atoms with Gasteiger partial charge in [0.1, 0.15) is 0 Å². The molecule has 0 bridgehead atoms.